The Bertz CT molecular complexity index is 491. The third-order valence-corrected chi connectivity index (χ3v) is 2.93. The molecule has 0 saturated carbocycles. The van der Waals surface area contributed by atoms with Crippen LogP contribution in [0.1, 0.15) is 5.56 Å². The van der Waals surface area contributed by atoms with E-state index in [4.69, 9.17) is 0 Å². The van der Waals surface area contributed by atoms with Crippen molar-refractivity contribution in [2.45, 2.75) is 6.42 Å². The van der Waals surface area contributed by atoms with E-state index in [1.54, 1.807) is 0 Å². The lowest BCUT2D eigenvalue weighted by Crippen LogP contribution is -2.12. The van der Waals surface area contributed by atoms with E-state index in [1.807, 2.05) is 12.3 Å². The van der Waals surface area contributed by atoms with E-state index in [1.165, 1.54) is 16.6 Å². The molecule has 2 heteroatoms. The Morgan fingerprint density at radius 2 is 2.29 bits per heavy atom. The van der Waals surface area contributed by atoms with Gasteiger partial charge in [-0.1, -0.05) is 6.07 Å². The Labute approximate surface area is 83.2 Å². The Morgan fingerprint density at radius 3 is 3.21 bits per heavy atom. The normalized spacial score (nSPS) is 14.8. The monoisotopic (exact) mass is 184 g/mol. The number of fused-ring (bicyclic) bond motifs is 2. The molecule has 0 atom stereocenters. The fourth-order valence-electron chi connectivity index (χ4n) is 2.12. The summed E-state index contributed by atoms with van der Waals surface area (Å²) in [5.74, 6) is 0. The summed E-state index contributed by atoms with van der Waals surface area (Å²) in [6.45, 7) is 1.13. The van der Waals surface area contributed by atoms with Crippen LogP contribution in [0.5, 0.6) is 0 Å². The highest BCUT2D eigenvalue weighted by atomic mass is 15.1. The molecular weight excluding hydrogens is 172 g/mol. The predicted octanol–water partition coefficient (Wildman–Crippen LogP) is 2.23. The van der Waals surface area contributed by atoms with E-state index >= 15 is 0 Å². The molecule has 1 aromatic heterocycles. The molecule has 14 heavy (non-hydrogen) atoms. The van der Waals surface area contributed by atoms with Crippen molar-refractivity contribution >= 4 is 16.6 Å². The maximum absolute atomic E-state index is 4.37. The summed E-state index contributed by atoms with van der Waals surface area (Å²) in [6, 6.07) is 8.57. The lowest BCUT2D eigenvalue weighted by atomic mass is 10.1. The zero-order valence-corrected chi connectivity index (χ0v) is 8.20. The molecule has 70 valence electrons. The highest BCUT2D eigenvalue weighted by molar-refractivity contribution is 5.85. The summed E-state index contributed by atoms with van der Waals surface area (Å²) in [5.41, 5.74) is 3.91. The van der Waals surface area contributed by atoms with Crippen molar-refractivity contribution in [3.63, 3.8) is 0 Å². The van der Waals surface area contributed by atoms with Crippen LogP contribution in [0.3, 0.4) is 0 Å². The second kappa shape index (κ2) is 2.71. The largest absolute Gasteiger partial charge is 0.374 e. The van der Waals surface area contributed by atoms with Gasteiger partial charge < -0.3 is 4.90 Å². The molecule has 0 bridgehead atoms. The summed E-state index contributed by atoms with van der Waals surface area (Å²) < 4.78 is 0. The summed E-state index contributed by atoms with van der Waals surface area (Å²) in [7, 11) is 2.15. The van der Waals surface area contributed by atoms with Gasteiger partial charge in [-0.3, -0.25) is 4.98 Å². The van der Waals surface area contributed by atoms with E-state index in [-0.39, 0.29) is 0 Å². The van der Waals surface area contributed by atoms with Crippen molar-refractivity contribution in [1.29, 1.82) is 0 Å². The molecule has 1 aromatic carbocycles. The number of rotatable bonds is 0. The molecular formula is C12H12N2. The second-order valence-corrected chi connectivity index (χ2v) is 3.85. The van der Waals surface area contributed by atoms with Gasteiger partial charge in [0.1, 0.15) is 0 Å². The van der Waals surface area contributed by atoms with Crippen LogP contribution >= 0.6 is 0 Å². The van der Waals surface area contributed by atoms with E-state index in [0.29, 0.717) is 0 Å². The molecule has 0 aliphatic carbocycles. The number of likely N-dealkylation sites (N-methyl/N-ethyl adjacent to an activating group) is 1. The summed E-state index contributed by atoms with van der Waals surface area (Å²) >= 11 is 0. The van der Waals surface area contributed by atoms with Crippen molar-refractivity contribution in [1.82, 2.24) is 4.98 Å². The molecule has 0 saturated heterocycles. The van der Waals surface area contributed by atoms with Crippen LogP contribution in [0.4, 0.5) is 5.69 Å². The van der Waals surface area contributed by atoms with Crippen LogP contribution < -0.4 is 4.90 Å². The molecule has 0 fully saturated rings. The Balaban J connectivity index is 2.33. The molecule has 2 nitrogen and oxygen atoms in total. The van der Waals surface area contributed by atoms with Crippen LogP contribution in [-0.2, 0) is 6.42 Å². The highest BCUT2D eigenvalue weighted by Gasteiger charge is 2.15. The van der Waals surface area contributed by atoms with Crippen LogP contribution in [0.15, 0.2) is 30.5 Å². The van der Waals surface area contributed by atoms with E-state index in [0.717, 1.165) is 18.5 Å². The first kappa shape index (κ1) is 7.80. The summed E-state index contributed by atoms with van der Waals surface area (Å²) in [5, 5.41) is 1.24. The third kappa shape index (κ3) is 1.00. The van der Waals surface area contributed by atoms with Gasteiger partial charge in [-0.05, 0) is 30.2 Å². The quantitative estimate of drug-likeness (QED) is 0.624. The van der Waals surface area contributed by atoms with Gasteiger partial charge >= 0.3 is 0 Å². The van der Waals surface area contributed by atoms with Gasteiger partial charge in [-0.15, -0.1) is 0 Å². The first-order chi connectivity index (χ1) is 6.84. The molecule has 3 rings (SSSR count). The van der Waals surface area contributed by atoms with Gasteiger partial charge in [0.05, 0.1) is 5.52 Å². The number of anilines is 1. The van der Waals surface area contributed by atoms with Crippen molar-refractivity contribution in [2.24, 2.45) is 0 Å². The van der Waals surface area contributed by atoms with Crippen molar-refractivity contribution < 1.29 is 0 Å². The Morgan fingerprint density at radius 1 is 1.36 bits per heavy atom. The second-order valence-electron chi connectivity index (χ2n) is 3.85. The van der Waals surface area contributed by atoms with Crippen LogP contribution in [0, 0.1) is 0 Å². The van der Waals surface area contributed by atoms with Crippen molar-refractivity contribution in [2.75, 3.05) is 18.5 Å². The number of pyridine rings is 1. The zero-order valence-electron chi connectivity index (χ0n) is 8.20. The first-order valence-electron chi connectivity index (χ1n) is 4.93. The van der Waals surface area contributed by atoms with Gasteiger partial charge in [-0.25, -0.2) is 0 Å². The van der Waals surface area contributed by atoms with E-state index in [2.05, 4.69) is 35.1 Å². The fraction of sp³-hybridized carbons (Fsp3) is 0.250. The topological polar surface area (TPSA) is 16.1 Å². The van der Waals surface area contributed by atoms with Crippen molar-refractivity contribution in [3.8, 4) is 0 Å². The average molecular weight is 184 g/mol. The lowest BCUT2D eigenvalue weighted by molar-refractivity contribution is 0.956. The number of aromatic nitrogens is 1. The maximum Gasteiger partial charge on any atom is 0.0706 e. The summed E-state index contributed by atoms with van der Waals surface area (Å²) in [6.07, 6.45) is 3.01. The molecule has 0 unspecified atom stereocenters. The number of hydrogen-bond acceptors (Lipinski definition) is 2. The van der Waals surface area contributed by atoms with E-state index in [9.17, 15) is 0 Å². The number of benzene rings is 1. The van der Waals surface area contributed by atoms with Crippen LogP contribution in [0.2, 0.25) is 0 Å². The van der Waals surface area contributed by atoms with Gasteiger partial charge in [0, 0.05) is 30.9 Å². The predicted molar refractivity (Wildman–Crippen MR) is 58.7 cm³/mol. The zero-order chi connectivity index (χ0) is 9.54. The molecule has 0 amide bonds. The van der Waals surface area contributed by atoms with Gasteiger partial charge in [0.2, 0.25) is 0 Å². The number of hydrogen-bond donors (Lipinski definition) is 0. The molecule has 0 N–H and O–H groups in total. The SMILES string of the molecule is CN1CCc2cc3ncccc3cc21. The van der Waals surface area contributed by atoms with Gasteiger partial charge in [-0.2, -0.15) is 0 Å². The third-order valence-electron chi connectivity index (χ3n) is 2.93. The Hall–Kier alpha value is -1.57. The minimum absolute atomic E-state index is 1.11. The smallest absolute Gasteiger partial charge is 0.0706 e. The molecule has 0 spiro atoms. The minimum Gasteiger partial charge on any atom is -0.374 e. The van der Waals surface area contributed by atoms with E-state index < -0.39 is 0 Å². The first-order valence-corrected chi connectivity index (χ1v) is 4.93. The Kier molecular flexibility index (Phi) is 1.51. The lowest BCUT2D eigenvalue weighted by Gasteiger charge is -2.11. The highest BCUT2D eigenvalue weighted by Crippen LogP contribution is 2.30. The molecule has 2 heterocycles. The fourth-order valence-corrected chi connectivity index (χ4v) is 2.12. The minimum atomic E-state index is 1.11. The molecule has 1 aliphatic heterocycles. The van der Waals surface area contributed by atoms with Crippen molar-refractivity contribution in [3.05, 3.63) is 36.0 Å². The number of nitrogens with zero attached hydrogens (tertiary/aromatic N) is 2. The standard InChI is InChI=1S/C12H12N2/c1-14-6-4-10-7-11-9(8-12(10)14)3-2-5-13-11/h2-3,5,7-8H,4,6H2,1H3. The molecule has 0 radical (unpaired) electrons. The molecule has 2 aromatic rings. The average Bonchev–Trinajstić information content (AvgIpc) is 2.57. The van der Waals surface area contributed by atoms with Gasteiger partial charge in [0.15, 0.2) is 0 Å². The van der Waals surface area contributed by atoms with Crippen LogP contribution in [-0.4, -0.2) is 18.6 Å². The maximum atomic E-state index is 4.37. The molecule has 1 aliphatic rings. The van der Waals surface area contributed by atoms with Gasteiger partial charge in [0.25, 0.3) is 0 Å². The van der Waals surface area contributed by atoms with Crippen LogP contribution in [0.25, 0.3) is 10.9 Å². The summed E-state index contributed by atoms with van der Waals surface area (Å²) in [4.78, 5) is 6.67.